The van der Waals surface area contributed by atoms with Gasteiger partial charge in [-0.05, 0) is 6.42 Å². The van der Waals surface area contributed by atoms with Crippen LogP contribution in [0.1, 0.15) is 19.8 Å². The molecular formula is C11H21NO3. The summed E-state index contributed by atoms with van der Waals surface area (Å²) in [7, 11) is 5.71. The molecule has 1 unspecified atom stereocenters. The molecule has 0 aliphatic heterocycles. The predicted octanol–water partition coefficient (Wildman–Crippen LogP) is -0.470. The Morgan fingerprint density at radius 2 is 2.00 bits per heavy atom. The van der Waals surface area contributed by atoms with Gasteiger partial charge in [-0.25, -0.2) is 0 Å². The number of carboxylic acids is 1. The minimum absolute atomic E-state index is 0.345. The molecule has 0 amide bonds. The van der Waals surface area contributed by atoms with Gasteiger partial charge in [0, 0.05) is 12.4 Å². The molecule has 0 rings (SSSR count). The van der Waals surface area contributed by atoms with E-state index in [4.69, 9.17) is 0 Å². The number of aliphatic carboxylic acids is 1. The van der Waals surface area contributed by atoms with Gasteiger partial charge in [-0.3, -0.25) is 0 Å². The number of quaternary nitrogens is 1. The number of carboxylic acid groups (broad SMARTS) is 1. The van der Waals surface area contributed by atoms with Crippen LogP contribution < -0.4 is 5.11 Å². The lowest BCUT2D eigenvalue weighted by molar-refractivity contribution is -0.876. The Kier molecular flexibility index (Phi) is 4.97. The number of carbonyl (C=O) groups is 1. The smallest absolute Gasteiger partial charge is 0.137 e. The van der Waals surface area contributed by atoms with Gasteiger partial charge in [0.1, 0.15) is 12.1 Å². The first-order chi connectivity index (χ1) is 6.68. The first kappa shape index (κ1) is 14.1. The summed E-state index contributed by atoms with van der Waals surface area (Å²) in [6, 6.07) is 0. The van der Waals surface area contributed by atoms with Gasteiger partial charge in [0.15, 0.2) is 0 Å². The second-order valence-corrected chi connectivity index (χ2v) is 4.91. The van der Waals surface area contributed by atoms with Crippen molar-refractivity contribution in [1.29, 1.82) is 0 Å². The highest BCUT2D eigenvalue weighted by Crippen LogP contribution is 2.16. The summed E-state index contributed by atoms with van der Waals surface area (Å²) in [5.74, 6) is -1.23. The normalized spacial score (nSPS) is 16.6. The average Bonchev–Trinajstić information content (AvgIpc) is 1.95. The van der Waals surface area contributed by atoms with Gasteiger partial charge in [-0.15, -0.1) is 0 Å². The van der Waals surface area contributed by atoms with Crippen LogP contribution >= 0.6 is 0 Å². The molecule has 4 nitrogen and oxygen atoms in total. The van der Waals surface area contributed by atoms with E-state index in [0.29, 0.717) is 11.0 Å². The van der Waals surface area contributed by atoms with Crippen molar-refractivity contribution in [1.82, 2.24) is 0 Å². The quantitative estimate of drug-likeness (QED) is 0.481. The summed E-state index contributed by atoms with van der Waals surface area (Å²) in [6.07, 6.45) is 3.75. The summed E-state index contributed by atoms with van der Waals surface area (Å²) in [5.41, 5.74) is -1.31. The molecule has 0 aromatic heterocycles. The third-order valence-electron chi connectivity index (χ3n) is 1.86. The van der Waals surface area contributed by atoms with Crippen molar-refractivity contribution in [3.63, 3.8) is 0 Å². The molecule has 15 heavy (non-hydrogen) atoms. The molecule has 0 saturated heterocycles. The molecule has 88 valence electrons. The summed E-state index contributed by atoms with van der Waals surface area (Å²) < 4.78 is 0.498. The maximum absolute atomic E-state index is 10.6. The molecule has 0 saturated carbocycles. The SMILES string of the molecule is CCC=CC(O)(CC(=O)[O-])C[N+](C)(C)C. The highest BCUT2D eigenvalue weighted by Gasteiger charge is 2.30. The van der Waals surface area contributed by atoms with Crippen molar-refractivity contribution in [3.05, 3.63) is 12.2 Å². The Hall–Kier alpha value is -0.870. The van der Waals surface area contributed by atoms with E-state index in [1.165, 1.54) is 0 Å². The molecule has 0 spiro atoms. The van der Waals surface area contributed by atoms with Gasteiger partial charge >= 0.3 is 0 Å². The van der Waals surface area contributed by atoms with E-state index < -0.39 is 11.6 Å². The number of carbonyl (C=O) groups excluding carboxylic acids is 1. The van der Waals surface area contributed by atoms with Crippen LogP contribution in [0.3, 0.4) is 0 Å². The Balaban J connectivity index is 4.69. The highest BCUT2D eigenvalue weighted by molar-refractivity contribution is 5.66. The van der Waals surface area contributed by atoms with Gasteiger partial charge in [0.2, 0.25) is 0 Å². The van der Waals surface area contributed by atoms with Crippen molar-refractivity contribution in [2.45, 2.75) is 25.4 Å². The zero-order valence-electron chi connectivity index (χ0n) is 9.99. The minimum Gasteiger partial charge on any atom is -0.550 e. The molecule has 0 aromatic carbocycles. The average molecular weight is 215 g/mol. The zero-order chi connectivity index (χ0) is 12.1. The first-order valence-corrected chi connectivity index (χ1v) is 5.09. The molecule has 0 aromatic rings. The van der Waals surface area contributed by atoms with Gasteiger partial charge in [-0.2, -0.15) is 0 Å². The second kappa shape index (κ2) is 5.28. The molecule has 1 atom stereocenters. The molecule has 1 N–H and O–H groups in total. The van der Waals surface area contributed by atoms with Crippen molar-refractivity contribution in [2.24, 2.45) is 0 Å². The third kappa shape index (κ3) is 7.11. The van der Waals surface area contributed by atoms with Crippen LogP contribution in [0.2, 0.25) is 0 Å². The molecule has 0 bridgehead atoms. The Labute approximate surface area is 91.4 Å². The van der Waals surface area contributed by atoms with E-state index in [-0.39, 0.29) is 6.42 Å². The van der Waals surface area contributed by atoms with E-state index in [2.05, 4.69) is 0 Å². The van der Waals surface area contributed by atoms with Gasteiger partial charge in [-0.1, -0.05) is 19.1 Å². The molecule has 0 aliphatic carbocycles. The largest absolute Gasteiger partial charge is 0.550 e. The monoisotopic (exact) mass is 215 g/mol. The summed E-state index contributed by atoms with van der Waals surface area (Å²) in [4.78, 5) is 10.6. The second-order valence-electron chi connectivity index (χ2n) is 4.91. The van der Waals surface area contributed by atoms with E-state index in [9.17, 15) is 15.0 Å². The Morgan fingerprint density at radius 3 is 2.33 bits per heavy atom. The summed E-state index contributed by atoms with van der Waals surface area (Å²) >= 11 is 0. The number of nitrogens with zero attached hydrogens (tertiary/aromatic N) is 1. The fraction of sp³-hybridized carbons (Fsp3) is 0.727. The molecule has 0 heterocycles. The van der Waals surface area contributed by atoms with Crippen LogP contribution in [-0.4, -0.2) is 48.8 Å². The number of likely N-dealkylation sites (N-methyl/N-ethyl adjacent to an activating group) is 1. The molecular weight excluding hydrogens is 194 g/mol. The van der Waals surface area contributed by atoms with Gasteiger partial charge in [0.05, 0.1) is 21.1 Å². The number of rotatable bonds is 6. The standard InChI is InChI=1S/C11H21NO3/c1-5-6-7-11(15,8-10(13)14)9-12(2,3)4/h6-7,15H,5,8-9H2,1-4H3. The molecule has 0 aliphatic rings. The van der Waals surface area contributed by atoms with Crippen LogP contribution in [0.25, 0.3) is 0 Å². The lowest BCUT2D eigenvalue weighted by Gasteiger charge is -2.34. The lowest BCUT2D eigenvalue weighted by atomic mass is 9.97. The third-order valence-corrected chi connectivity index (χ3v) is 1.86. The first-order valence-electron chi connectivity index (χ1n) is 5.09. The van der Waals surface area contributed by atoms with E-state index in [0.717, 1.165) is 6.42 Å². The van der Waals surface area contributed by atoms with Crippen molar-refractivity contribution < 1.29 is 19.5 Å². The molecule has 0 fully saturated rings. The summed E-state index contributed by atoms with van der Waals surface area (Å²) in [5, 5.41) is 20.7. The van der Waals surface area contributed by atoms with Crippen molar-refractivity contribution in [3.8, 4) is 0 Å². The predicted molar refractivity (Wildman–Crippen MR) is 56.9 cm³/mol. The van der Waals surface area contributed by atoms with Crippen LogP contribution in [-0.2, 0) is 4.79 Å². The number of hydrogen-bond donors (Lipinski definition) is 1. The zero-order valence-corrected chi connectivity index (χ0v) is 9.99. The Bertz CT molecular complexity index is 243. The maximum Gasteiger partial charge on any atom is 0.137 e. The minimum atomic E-state index is -1.31. The molecule has 4 heteroatoms. The van der Waals surface area contributed by atoms with E-state index >= 15 is 0 Å². The van der Waals surface area contributed by atoms with Gasteiger partial charge in [0.25, 0.3) is 0 Å². The fourth-order valence-electron chi connectivity index (χ4n) is 1.58. The van der Waals surface area contributed by atoms with E-state index in [1.807, 2.05) is 28.1 Å². The molecule has 0 radical (unpaired) electrons. The van der Waals surface area contributed by atoms with Crippen molar-refractivity contribution in [2.75, 3.05) is 27.7 Å². The van der Waals surface area contributed by atoms with Gasteiger partial charge < -0.3 is 19.5 Å². The summed E-state index contributed by atoms with van der Waals surface area (Å²) in [6.45, 7) is 2.28. The van der Waals surface area contributed by atoms with Crippen LogP contribution in [0.15, 0.2) is 12.2 Å². The van der Waals surface area contributed by atoms with Crippen molar-refractivity contribution >= 4 is 5.97 Å². The Morgan fingerprint density at radius 1 is 1.47 bits per heavy atom. The topological polar surface area (TPSA) is 60.4 Å². The van der Waals surface area contributed by atoms with E-state index in [1.54, 1.807) is 12.2 Å². The number of aliphatic hydroxyl groups is 1. The number of allylic oxidation sites excluding steroid dienone is 1. The van der Waals surface area contributed by atoms with Crippen LogP contribution in [0, 0.1) is 0 Å². The van der Waals surface area contributed by atoms with Crippen LogP contribution in [0.5, 0.6) is 0 Å². The number of hydrogen-bond acceptors (Lipinski definition) is 3. The maximum atomic E-state index is 10.6. The fourth-order valence-corrected chi connectivity index (χ4v) is 1.58. The lowest BCUT2D eigenvalue weighted by Crippen LogP contribution is -2.50. The van der Waals surface area contributed by atoms with Crippen LogP contribution in [0.4, 0.5) is 0 Å². The highest BCUT2D eigenvalue weighted by atomic mass is 16.4.